The van der Waals surface area contributed by atoms with Crippen molar-refractivity contribution in [3.8, 4) is 79.2 Å². The Hall–Kier alpha value is -8.54. The van der Waals surface area contributed by atoms with E-state index in [0.717, 1.165) is 78.0 Å². The lowest BCUT2D eigenvalue weighted by atomic mass is 9.66. The van der Waals surface area contributed by atoms with E-state index in [0.29, 0.717) is 17.5 Å². The molecular weight excluding hydrogens is 781 g/mol. The van der Waals surface area contributed by atoms with Crippen LogP contribution in [0.15, 0.2) is 218 Å². The lowest BCUT2D eigenvalue weighted by Gasteiger charge is -2.39. The van der Waals surface area contributed by atoms with Crippen LogP contribution in [0.4, 0.5) is 0 Å². The Morgan fingerprint density at radius 3 is 1.39 bits per heavy atom. The number of hydrogen-bond acceptors (Lipinski definition) is 5. The summed E-state index contributed by atoms with van der Waals surface area (Å²) in [5.74, 6) is 3.70. The van der Waals surface area contributed by atoms with Gasteiger partial charge in [-0.1, -0.05) is 200 Å². The summed E-state index contributed by atoms with van der Waals surface area (Å²) in [6.07, 6.45) is 0. The molecule has 0 fully saturated rings. The molecule has 1 aliphatic carbocycles. The summed E-state index contributed by atoms with van der Waals surface area (Å²) >= 11 is 0. The molecule has 0 atom stereocenters. The SMILES string of the molecule is c1ccc(-c2nc(-c3ccccc3)nc(-c3ccc(-c4ccc(-c5nc6ccccc6c6c7c(ccc56)C5(c6ccccc6Oc6ccccc65)c5ccccc5-7)cc4)cc3)n2)cc1. The van der Waals surface area contributed by atoms with Crippen LogP contribution in [0.2, 0.25) is 0 Å². The number of nitrogens with zero attached hydrogens (tertiary/aromatic N) is 4. The third kappa shape index (κ3) is 5.44. The first-order valence-corrected chi connectivity index (χ1v) is 21.6. The number of aromatic nitrogens is 4. The number of fused-ring (bicyclic) bond motifs is 13. The molecule has 0 radical (unpaired) electrons. The summed E-state index contributed by atoms with van der Waals surface area (Å²) in [5, 5.41) is 3.48. The highest BCUT2D eigenvalue weighted by Crippen LogP contribution is 2.63. The van der Waals surface area contributed by atoms with E-state index >= 15 is 0 Å². The highest BCUT2D eigenvalue weighted by atomic mass is 16.5. The van der Waals surface area contributed by atoms with Crippen LogP contribution in [0.5, 0.6) is 11.5 Å². The summed E-state index contributed by atoms with van der Waals surface area (Å²) in [6.45, 7) is 0. The summed E-state index contributed by atoms with van der Waals surface area (Å²) < 4.78 is 6.62. The van der Waals surface area contributed by atoms with E-state index in [1.165, 1.54) is 27.6 Å². The average molecular weight is 817 g/mol. The van der Waals surface area contributed by atoms with Crippen molar-refractivity contribution < 1.29 is 4.74 Å². The fourth-order valence-electron chi connectivity index (χ4n) is 10.2. The highest BCUT2D eigenvalue weighted by molar-refractivity contribution is 6.19. The first kappa shape index (κ1) is 36.1. The van der Waals surface area contributed by atoms with E-state index in [-0.39, 0.29) is 0 Å². The van der Waals surface area contributed by atoms with Crippen LogP contribution < -0.4 is 4.74 Å². The number of benzene rings is 9. The van der Waals surface area contributed by atoms with Gasteiger partial charge < -0.3 is 4.74 Å². The van der Waals surface area contributed by atoms with E-state index in [1.54, 1.807) is 0 Å². The van der Waals surface area contributed by atoms with Crippen molar-refractivity contribution in [3.05, 3.63) is 241 Å². The quantitative estimate of drug-likeness (QED) is 0.162. The second-order valence-corrected chi connectivity index (χ2v) is 16.5. The first-order chi connectivity index (χ1) is 31.7. The summed E-state index contributed by atoms with van der Waals surface area (Å²) in [5.41, 5.74) is 14.8. The molecule has 0 amide bonds. The van der Waals surface area contributed by atoms with Crippen LogP contribution in [0.25, 0.3) is 89.4 Å². The minimum Gasteiger partial charge on any atom is -0.457 e. The van der Waals surface area contributed by atoms with Crippen molar-refractivity contribution in [1.82, 2.24) is 19.9 Å². The molecule has 3 heterocycles. The van der Waals surface area contributed by atoms with Crippen LogP contribution in [0.1, 0.15) is 22.3 Å². The zero-order valence-electron chi connectivity index (χ0n) is 34.5. The van der Waals surface area contributed by atoms with Gasteiger partial charge in [-0.15, -0.1) is 0 Å². The Kier molecular flexibility index (Phi) is 8.06. The molecule has 1 spiro atoms. The van der Waals surface area contributed by atoms with Crippen molar-refractivity contribution >= 4 is 21.7 Å². The van der Waals surface area contributed by atoms with Crippen molar-refractivity contribution in [2.75, 3.05) is 0 Å². The third-order valence-corrected chi connectivity index (χ3v) is 13.0. The smallest absolute Gasteiger partial charge is 0.164 e. The maximum absolute atomic E-state index is 6.62. The van der Waals surface area contributed by atoms with Crippen LogP contribution in [0.3, 0.4) is 0 Å². The molecule has 0 bridgehead atoms. The molecule has 5 nitrogen and oxygen atoms in total. The zero-order chi connectivity index (χ0) is 42.2. The minimum absolute atomic E-state index is 0.550. The number of para-hydroxylation sites is 3. The van der Waals surface area contributed by atoms with Gasteiger partial charge >= 0.3 is 0 Å². The van der Waals surface area contributed by atoms with Crippen LogP contribution >= 0.6 is 0 Å². The van der Waals surface area contributed by atoms with E-state index in [9.17, 15) is 0 Å². The lowest BCUT2D eigenvalue weighted by molar-refractivity contribution is 0.436. The fourth-order valence-corrected chi connectivity index (χ4v) is 10.2. The van der Waals surface area contributed by atoms with Gasteiger partial charge in [0.15, 0.2) is 17.5 Å². The normalized spacial score (nSPS) is 12.9. The topological polar surface area (TPSA) is 60.8 Å². The van der Waals surface area contributed by atoms with Gasteiger partial charge in [-0.2, -0.15) is 0 Å². The molecule has 9 aromatic carbocycles. The maximum Gasteiger partial charge on any atom is 0.164 e. The Morgan fingerprint density at radius 2 is 0.781 bits per heavy atom. The molecular formula is C59H36N4O. The number of ether oxygens (including phenoxy) is 1. The zero-order valence-corrected chi connectivity index (χ0v) is 34.5. The van der Waals surface area contributed by atoms with E-state index in [4.69, 9.17) is 24.7 Å². The molecule has 64 heavy (non-hydrogen) atoms. The molecule has 0 unspecified atom stereocenters. The average Bonchev–Trinajstić information content (AvgIpc) is 3.67. The standard InChI is InChI=1S/C59H36N4O/c1-3-15-40(16-4-1)56-61-57(41-17-5-2-6-18-41)63-58(62-56)42-33-29-38(30-34-42)37-27-31-39(32-28-37)55-45-35-36-49-54(53(45)44-20-8-12-24-50(44)60-55)43-19-7-9-21-46(43)59(49)47-22-10-13-25-51(47)64-52-26-14-11-23-48(52)59/h1-36H. The minimum atomic E-state index is -0.550. The molecule has 13 rings (SSSR count). The van der Waals surface area contributed by atoms with Gasteiger partial charge in [0.1, 0.15) is 11.5 Å². The lowest BCUT2D eigenvalue weighted by Crippen LogP contribution is -2.32. The van der Waals surface area contributed by atoms with Gasteiger partial charge in [0.05, 0.1) is 16.6 Å². The van der Waals surface area contributed by atoms with Crippen LogP contribution in [0, 0.1) is 0 Å². The Labute approximate surface area is 370 Å². The monoisotopic (exact) mass is 816 g/mol. The predicted molar refractivity (Wildman–Crippen MR) is 257 cm³/mol. The van der Waals surface area contributed by atoms with Crippen molar-refractivity contribution in [1.29, 1.82) is 0 Å². The van der Waals surface area contributed by atoms with Gasteiger partial charge in [0.25, 0.3) is 0 Å². The maximum atomic E-state index is 6.62. The van der Waals surface area contributed by atoms with Crippen molar-refractivity contribution in [2.24, 2.45) is 0 Å². The Balaban J connectivity index is 0.925. The molecule has 0 saturated carbocycles. The second kappa shape index (κ2) is 14.3. The highest BCUT2D eigenvalue weighted by Gasteiger charge is 2.51. The van der Waals surface area contributed by atoms with Crippen molar-refractivity contribution in [2.45, 2.75) is 5.41 Å². The molecule has 11 aromatic rings. The molecule has 0 N–H and O–H groups in total. The van der Waals surface area contributed by atoms with Crippen molar-refractivity contribution in [3.63, 3.8) is 0 Å². The molecule has 1 aliphatic heterocycles. The largest absolute Gasteiger partial charge is 0.457 e. The van der Waals surface area contributed by atoms with Gasteiger partial charge in [-0.25, -0.2) is 19.9 Å². The van der Waals surface area contributed by atoms with E-state index in [1.807, 2.05) is 60.7 Å². The van der Waals surface area contributed by atoms with Crippen LogP contribution in [-0.2, 0) is 5.41 Å². The van der Waals surface area contributed by atoms with Gasteiger partial charge in [0.2, 0.25) is 0 Å². The number of rotatable bonds is 5. The fraction of sp³-hybridized carbons (Fsp3) is 0.0169. The third-order valence-electron chi connectivity index (χ3n) is 13.0. The molecule has 298 valence electrons. The summed E-state index contributed by atoms with van der Waals surface area (Å²) in [6, 6.07) is 76.7. The number of pyridine rings is 1. The van der Waals surface area contributed by atoms with Gasteiger partial charge in [-0.05, 0) is 51.6 Å². The molecule has 0 saturated heterocycles. The number of hydrogen-bond donors (Lipinski definition) is 0. The Bertz CT molecular complexity index is 3520. The van der Waals surface area contributed by atoms with Gasteiger partial charge in [0, 0.05) is 49.5 Å². The predicted octanol–water partition coefficient (Wildman–Crippen LogP) is 14.4. The first-order valence-electron chi connectivity index (χ1n) is 21.6. The second-order valence-electron chi connectivity index (χ2n) is 16.5. The van der Waals surface area contributed by atoms with Crippen LogP contribution in [-0.4, -0.2) is 19.9 Å². The Morgan fingerprint density at radius 1 is 0.312 bits per heavy atom. The molecule has 2 aliphatic rings. The van der Waals surface area contributed by atoms with E-state index < -0.39 is 5.41 Å². The van der Waals surface area contributed by atoms with E-state index in [2.05, 4.69) is 158 Å². The van der Waals surface area contributed by atoms with Gasteiger partial charge in [-0.3, -0.25) is 0 Å². The summed E-state index contributed by atoms with van der Waals surface area (Å²) in [4.78, 5) is 20.1. The molecule has 2 aromatic heterocycles. The summed E-state index contributed by atoms with van der Waals surface area (Å²) in [7, 11) is 0. The molecule has 5 heteroatoms.